The smallest absolute Gasteiger partial charge is 0.258 e. The van der Waals surface area contributed by atoms with Crippen LogP contribution in [0.15, 0.2) is 42.7 Å². The number of hydrogen-bond donors (Lipinski definition) is 2. The fourth-order valence-corrected chi connectivity index (χ4v) is 4.39. The number of hydrogen-bond acceptors (Lipinski definition) is 4. The van der Waals surface area contributed by atoms with Gasteiger partial charge in [0.15, 0.2) is 0 Å². The van der Waals surface area contributed by atoms with Crippen molar-refractivity contribution < 1.29 is 22.4 Å². The predicted octanol–water partition coefficient (Wildman–Crippen LogP) is 5.04. The van der Waals surface area contributed by atoms with Gasteiger partial charge in [0.25, 0.3) is 5.91 Å². The van der Waals surface area contributed by atoms with Crippen molar-refractivity contribution in [1.29, 1.82) is 0 Å². The summed E-state index contributed by atoms with van der Waals surface area (Å²) in [6, 6.07) is 5.50. The molecule has 0 bridgehead atoms. The monoisotopic (exact) mass is 472 g/mol. The van der Waals surface area contributed by atoms with Crippen LogP contribution in [0.4, 0.5) is 28.9 Å². The van der Waals surface area contributed by atoms with E-state index in [0.717, 1.165) is 30.7 Å². The Morgan fingerprint density at radius 2 is 1.71 bits per heavy atom. The third-order valence-corrected chi connectivity index (χ3v) is 5.95. The molecule has 1 fully saturated rings. The van der Waals surface area contributed by atoms with E-state index in [-0.39, 0.29) is 11.6 Å². The molecule has 3 N–H and O–H groups in total. The predicted molar refractivity (Wildman–Crippen MR) is 123 cm³/mol. The minimum Gasteiger partial charge on any atom is -0.368 e. The van der Waals surface area contributed by atoms with Crippen LogP contribution in [0.5, 0.6) is 0 Å². The van der Waals surface area contributed by atoms with Crippen LogP contribution in [0, 0.1) is 36.1 Å². The van der Waals surface area contributed by atoms with E-state index in [0.29, 0.717) is 30.4 Å². The van der Waals surface area contributed by atoms with Gasteiger partial charge in [0, 0.05) is 25.3 Å². The lowest BCUT2D eigenvalue weighted by Gasteiger charge is -2.37. The van der Waals surface area contributed by atoms with Crippen molar-refractivity contribution in [3.8, 4) is 11.1 Å². The Morgan fingerprint density at radius 1 is 1.03 bits per heavy atom. The van der Waals surface area contributed by atoms with E-state index in [1.54, 1.807) is 12.3 Å². The highest BCUT2D eigenvalue weighted by atomic mass is 19.1. The molecule has 1 aromatic heterocycles. The maximum atomic E-state index is 15.3. The molecule has 0 radical (unpaired) electrons. The minimum absolute atomic E-state index is 0.0130. The molecule has 5 nitrogen and oxygen atoms in total. The van der Waals surface area contributed by atoms with Gasteiger partial charge in [-0.1, -0.05) is 13.0 Å². The Morgan fingerprint density at radius 3 is 2.41 bits per heavy atom. The van der Waals surface area contributed by atoms with Crippen LogP contribution in [0.3, 0.4) is 0 Å². The summed E-state index contributed by atoms with van der Waals surface area (Å²) >= 11 is 0. The normalized spacial score (nSPS) is 18.1. The lowest BCUT2D eigenvalue weighted by molar-refractivity contribution is 0.102. The molecule has 1 saturated heterocycles. The summed E-state index contributed by atoms with van der Waals surface area (Å²) in [6.45, 7) is 4.70. The van der Waals surface area contributed by atoms with Gasteiger partial charge in [-0.15, -0.1) is 0 Å². The van der Waals surface area contributed by atoms with Gasteiger partial charge < -0.3 is 16.0 Å². The van der Waals surface area contributed by atoms with Crippen LogP contribution in [-0.4, -0.2) is 30.0 Å². The summed E-state index contributed by atoms with van der Waals surface area (Å²) in [6.07, 6.45) is 3.86. The third-order valence-electron chi connectivity index (χ3n) is 5.95. The van der Waals surface area contributed by atoms with Gasteiger partial charge in [-0.3, -0.25) is 9.78 Å². The third kappa shape index (κ3) is 4.48. The number of nitrogens with zero attached hydrogens (tertiary/aromatic N) is 2. The van der Waals surface area contributed by atoms with Gasteiger partial charge in [0.2, 0.25) is 0 Å². The standard InChI is InChI=1S/C25H24F4N4O/c1-13-9-15(30)12-33(11-13)20-7-8-31-10-19(20)32-25(34)16-4-6-18(27)22(24(16)29)21-17(26)5-3-14(2)23(21)28/h3-8,10,13,15H,9,11-12,30H2,1-2H3,(H,32,34)/t13-,15+/m1/s1. The second-order valence-electron chi connectivity index (χ2n) is 8.69. The van der Waals surface area contributed by atoms with Crippen molar-refractivity contribution in [2.24, 2.45) is 11.7 Å². The molecule has 0 spiro atoms. The lowest BCUT2D eigenvalue weighted by atomic mass is 9.96. The van der Waals surface area contributed by atoms with Crippen LogP contribution >= 0.6 is 0 Å². The molecule has 2 atom stereocenters. The molecule has 3 aromatic rings. The molecule has 1 aliphatic heterocycles. The second-order valence-corrected chi connectivity index (χ2v) is 8.69. The summed E-state index contributed by atoms with van der Waals surface area (Å²) in [5.41, 5.74) is 4.77. The minimum atomic E-state index is -1.36. The molecule has 178 valence electrons. The van der Waals surface area contributed by atoms with Crippen LogP contribution in [0.25, 0.3) is 11.1 Å². The van der Waals surface area contributed by atoms with Crippen LogP contribution in [0.1, 0.15) is 29.3 Å². The first-order valence-corrected chi connectivity index (χ1v) is 10.9. The number of rotatable bonds is 4. The van der Waals surface area contributed by atoms with Gasteiger partial charge in [-0.25, -0.2) is 17.6 Å². The first-order chi connectivity index (χ1) is 16.2. The molecule has 0 unspecified atom stereocenters. The Kier molecular flexibility index (Phi) is 6.56. The highest BCUT2D eigenvalue weighted by molar-refractivity contribution is 6.06. The maximum absolute atomic E-state index is 15.3. The zero-order valence-corrected chi connectivity index (χ0v) is 18.7. The zero-order valence-electron chi connectivity index (χ0n) is 18.7. The molecule has 2 aromatic carbocycles. The number of pyridine rings is 1. The van der Waals surface area contributed by atoms with E-state index in [4.69, 9.17) is 5.73 Å². The molecule has 34 heavy (non-hydrogen) atoms. The summed E-state index contributed by atoms with van der Waals surface area (Å²) in [5.74, 6) is -5.35. The van der Waals surface area contributed by atoms with Crippen LogP contribution < -0.4 is 16.0 Å². The van der Waals surface area contributed by atoms with Gasteiger partial charge in [0.05, 0.1) is 34.3 Å². The highest BCUT2D eigenvalue weighted by Crippen LogP contribution is 2.34. The molecule has 0 aliphatic carbocycles. The largest absolute Gasteiger partial charge is 0.368 e. The van der Waals surface area contributed by atoms with E-state index >= 15 is 4.39 Å². The van der Waals surface area contributed by atoms with E-state index in [1.165, 1.54) is 13.1 Å². The van der Waals surface area contributed by atoms with Crippen molar-refractivity contribution in [2.45, 2.75) is 26.3 Å². The van der Waals surface area contributed by atoms with Crippen molar-refractivity contribution in [2.75, 3.05) is 23.3 Å². The van der Waals surface area contributed by atoms with E-state index in [1.807, 2.05) is 4.90 Å². The fourth-order valence-electron chi connectivity index (χ4n) is 4.39. The van der Waals surface area contributed by atoms with Gasteiger partial charge in [-0.05, 0) is 49.1 Å². The second kappa shape index (κ2) is 9.42. The molecular formula is C25H24F4N4O. The van der Waals surface area contributed by atoms with Gasteiger partial charge in [0.1, 0.15) is 23.3 Å². The quantitative estimate of drug-likeness (QED) is 0.522. The highest BCUT2D eigenvalue weighted by Gasteiger charge is 2.27. The summed E-state index contributed by atoms with van der Waals surface area (Å²) in [5, 5.41) is 2.60. The van der Waals surface area contributed by atoms with E-state index in [2.05, 4.69) is 17.2 Å². The number of anilines is 2. The average Bonchev–Trinajstić information content (AvgIpc) is 2.78. The van der Waals surface area contributed by atoms with Crippen molar-refractivity contribution in [3.05, 3.63) is 77.1 Å². The summed E-state index contributed by atoms with van der Waals surface area (Å²) in [4.78, 5) is 19.0. The van der Waals surface area contributed by atoms with Crippen molar-refractivity contribution in [1.82, 2.24) is 4.98 Å². The van der Waals surface area contributed by atoms with Crippen molar-refractivity contribution in [3.63, 3.8) is 0 Å². The van der Waals surface area contributed by atoms with Crippen LogP contribution in [0.2, 0.25) is 0 Å². The number of amides is 1. The number of halogens is 4. The number of carbonyl (C=O) groups excluding carboxylic acids is 1. The van der Waals surface area contributed by atoms with Crippen LogP contribution in [-0.2, 0) is 0 Å². The number of aryl methyl sites for hydroxylation is 1. The molecule has 2 heterocycles. The number of aromatic nitrogens is 1. The Balaban J connectivity index is 1.71. The molecule has 9 heteroatoms. The number of nitrogens with two attached hydrogens (primary N) is 1. The summed E-state index contributed by atoms with van der Waals surface area (Å²) in [7, 11) is 0. The number of carbonyl (C=O) groups is 1. The molecular weight excluding hydrogens is 448 g/mol. The van der Waals surface area contributed by atoms with Gasteiger partial charge >= 0.3 is 0 Å². The topological polar surface area (TPSA) is 71.2 Å². The lowest BCUT2D eigenvalue weighted by Crippen LogP contribution is -2.46. The SMILES string of the molecule is Cc1ccc(F)c(-c2c(F)ccc(C(=O)Nc3cnccc3N3C[C@H](C)C[C@H](N)C3)c2F)c1F. The Bertz CT molecular complexity index is 1240. The first-order valence-electron chi connectivity index (χ1n) is 10.9. The average molecular weight is 472 g/mol. The number of nitrogens with one attached hydrogen (secondary N) is 1. The summed E-state index contributed by atoms with van der Waals surface area (Å²) < 4.78 is 58.9. The number of benzene rings is 2. The first kappa shape index (κ1) is 23.7. The van der Waals surface area contributed by atoms with E-state index < -0.39 is 45.9 Å². The molecule has 1 aliphatic rings. The Hall–Kier alpha value is -3.46. The van der Waals surface area contributed by atoms with Crippen molar-refractivity contribution >= 4 is 17.3 Å². The molecule has 1 amide bonds. The Labute approximate surface area is 194 Å². The van der Waals surface area contributed by atoms with E-state index in [9.17, 15) is 18.0 Å². The van der Waals surface area contributed by atoms with Gasteiger partial charge in [-0.2, -0.15) is 0 Å². The molecule has 4 rings (SSSR count). The fraction of sp³-hybridized carbons (Fsp3) is 0.280. The maximum Gasteiger partial charge on any atom is 0.258 e. The number of piperidine rings is 1. The molecule has 0 saturated carbocycles. The zero-order chi connectivity index (χ0) is 24.6.